The van der Waals surface area contributed by atoms with Crippen LogP contribution in [-0.4, -0.2) is 40.2 Å². The van der Waals surface area contributed by atoms with E-state index >= 15 is 0 Å². The van der Waals surface area contributed by atoms with Gasteiger partial charge < -0.3 is 15.0 Å². The monoisotopic (exact) mass is 409 g/mol. The molecule has 2 amide bonds. The fraction of sp³-hybridized carbons (Fsp3) is 0.318. The van der Waals surface area contributed by atoms with Gasteiger partial charge in [0.25, 0.3) is 5.91 Å². The van der Waals surface area contributed by atoms with E-state index < -0.39 is 5.25 Å². The molecule has 29 heavy (non-hydrogen) atoms. The number of carbonyl (C=O) groups excluding carboxylic acids is 2. The molecule has 0 aromatic heterocycles. The van der Waals surface area contributed by atoms with Gasteiger partial charge in [0.1, 0.15) is 16.7 Å². The van der Waals surface area contributed by atoms with E-state index in [0.717, 1.165) is 36.8 Å². The normalized spacial score (nSPS) is 19.0. The number of para-hydroxylation sites is 1. The fourth-order valence-corrected chi connectivity index (χ4v) is 4.46. The van der Waals surface area contributed by atoms with Gasteiger partial charge in [-0.15, -0.1) is 0 Å². The molecule has 1 N–H and O–H groups in total. The molecule has 1 saturated heterocycles. The molecule has 0 spiro atoms. The number of hydrogen-bond donors (Lipinski definition) is 1. The SMILES string of the molecule is O=C(C[C@@H]1SC(N2CCCCC2)=NC1=O)Nc1ccc(Oc2ccccc2)cc1. The highest BCUT2D eigenvalue weighted by Gasteiger charge is 2.33. The number of hydrogen-bond acceptors (Lipinski definition) is 5. The number of piperidine rings is 1. The highest BCUT2D eigenvalue weighted by Crippen LogP contribution is 2.29. The first kappa shape index (κ1) is 19.5. The average Bonchev–Trinajstić information content (AvgIpc) is 3.11. The number of carbonyl (C=O) groups is 2. The van der Waals surface area contributed by atoms with Crippen LogP contribution in [0.25, 0.3) is 0 Å². The zero-order chi connectivity index (χ0) is 20.1. The average molecular weight is 410 g/mol. The van der Waals surface area contributed by atoms with Crippen LogP contribution in [0.3, 0.4) is 0 Å². The van der Waals surface area contributed by atoms with Crippen molar-refractivity contribution in [1.82, 2.24) is 4.90 Å². The molecule has 2 aliphatic rings. The van der Waals surface area contributed by atoms with Crippen molar-refractivity contribution in [3.8, 4) is 11.5 Å². The van der Waals surface area contributed by atoms with Crippen LogP contribution < -0.4 is 10.1 Å². The predicted molar refractivity (Wildman–Crippen MR) is 115 cm³/mol. The van der Waals surface area contributed by atoms with E-state index in [9.17, 15) is 9.59 Å². The smallest absolute Gasteiger partial charge is 0.262 e. The lowest BCUT2D eigenvalue weighted by Crippen LogP contribution is -2.33. The summed E-state index contributed by atoms with van der Waals surface area (Å²) in [5, 5.41) is 3.19. The Morgan fingerprint density at radius 3 is 2.45 bits per heavy atom. The number of ether oxygens (including phenoxy) is 1. The molecule has 0 bridgehead atoms. The number of aliphatic imine (C=N–C) groups is 1. The minimum atomic E-state index is -0.437. The standard InChI is InChI=1S/C22H23N3O3S/c26-20(15-19-21(27)24-22(29-19)25-13-5-2-6-14-25)23-16-9-11-18(12-10-16)28-17-7-3-1-4-8-17/h1,3-4,7-12,19H,2,5-6,13-15H2,(H,23,26)/t19-/m0/s1. The first-order chi connectivity index (χ1) is 14.2. The molecule has 2 aromatic carbocycles. The summed E-state index contributed by atoms with van der Waals surface area (Å²) in [6.45, 7) is 1.88. The molecular formula is C22H23N3O3S. The third-order valence-corrected chi connectivity index (χ3v) is 6.06. The number of amides is 2. The molecule has 0 saturated carbocycles. The molecule has 150 valence electrons. The van der Waals surface area contributed by atoms with Crippen molar-refractivity contribution >= 4 is 34.4 Å². The van der Waals surface area contributed by atoms with Gasteiger partial charge >= 0.3 is 0 Å². The molecule has 0 aliphatic carbocycles. The van der Waals surface area contributed by atoms with E-state index in [1.54, 1.807) is 24.3 Å². The van der Waals surface area contributed by atoms with Crippen molar-refractivity contribution in [2.24, 2.45) is 4.99 Å². The maximum absolute atomic E-state index is 12.4. The molecule has 2 heterocycles. The number of amidine groups is 1. The van der Waals surface area contributed by atoms with E-state index in [2.05, 4.69) is 15.2 Å². The lowest BCUT2D eigenvalue weighted by molar-refractivity contribution is -0.121. The number of rotatable bonds is 5. The first-order valence-electron chi connectivity index (χ1n) is 9.84. The summed E-state index contributed by atoms with van der Waals surface area (Å²) >= 11 is 1.41. The summed E-state index contributed by atoms with van der Waals surface area (Å²) in [7, 11) is 0. The molecule has 0 radical (unpaired) electrons. The topological polar surface area (TPSA) is 71.0 Å². The zero-order valence-corrected chi connectivity index (χ0v) is 16.9. The van der Waals surface area contributed by atoms with Gasteiger partial charge in [-0.05, 0) is 55.7 Å². The van der Waals surface area contributed by atoms with Crippen LogP contribution in [0.5, 0.6) is 11.5 Å². The summed E-state index contributed by atoms with van der Waals surface area (Å²) < 4.78 is 5.75. The molecular weight excluding hydrogens is 386 g/mol. The van der Waals surface area contributed by atoms with Crippen LogP contribution in [-0.2, 0) is 9.59 Å². The van der Waals surface area contributed by atoms with Crippen LogP contribution in [0.4, 0.5) is 5.69 Å². The van der Waals surface area contributed by atoms with Crippen molar-refractivity contribution in [1.29, 1.82) is 0 Å². The van der Waals surface area contributed by atoms with Crippen LogP contribution in [0, 0.1) is 0 Å². The highest BCUT2D eigenvalue weighted by molar-refractivity contribution is 8.15. The Morgan fingerprint density at radius 2 is 1.72 bits per heavy atom. The number of thioether (sulfide) groups is 1. The number of likely N-dealkylation sites (tertiary alicyclic amines) is 1. The number of benzene rings is 2. The van der Waals surface area contributed by atoms with E-state index in [1.807, 2.05) is 30.3 Å². The van der Waals surface area contributed by atoms with Gasteiger partial charge in [-0.3, -0.25) is 9.59 Å². The number of nitrogens with zero attached hydrogens (tertiary/aromatic N) is 2. The van der Waals surface area contributed by atoms with Gasteiger partial charge in [0, 0.05) is 25.2 Å². The van der Waals surface area contributed by atoms with E-state index in [0.29, 0.717) is 11.4 Å². The zero-order valence-electron chi connectivity index (χ0n) is 16.0. The highest BCUT2D eigenvalue weighted by atomic mass is 32.2. The van der Waals surface area contributed by atoms with Gasteiger partial charge in [-0.1, -0.05) is 30.0 Å². The fourth-order valence-electron chi connectivity index (χ4n) is 3.34. The minimum Gasteiger partial charge on any atom is -0.457 e. The Morgan fingerprint density at radius 1 is 1.03 bits per heavy atom. The Labute approximate surface area is 174 Å². The molecule has 7 heteroatoms. The minimum absolute atomic E-state index is 0.118. The van der Waals surface area contributed by atoms with Gasteiger partial charge in [-0.25, -0.2) is 0 Å². The second-order valence-electron chi connectivity index (χ2n) is 7.08. The predicted octanol–water partition coefficient (Wildman–Crippen LogP) is 4.29. The summed E-state index contributed by atoms with van der Waals surface area (Å²) in [4.78, 5) is 30.9. The Hall–Kier alpha value is -2.80. The third-order valence-electron chi connectivity index (χ3n) is 4.84. The van der Waals surface area contributed by atoms with E-state index in [1.165, 1.54) is 18.2 Å². The van der Waals surface area contributed by atoms with Crippen molar-refractivity contribution in [2.75, 3.05) is 18.4 Å². The van der Waals surface area contributed by atoms with Crippen LogP contribution in [0.2, 0.25) is 0 Å². The van der Waals surface area contributed by atoms with Crippen molar-refractivity contribution < 1.29 is 14.3 Å². The summed E-state index contributed by atoms with van der Waals surface area (Å²) in [5.74, 6) is 1.04. The Bertz CT molecular complexity index is 893. The molecule has 0 unspecified atom stereocenters. The number of anilines is 1. The second-order valence-corrected chi connectivity index (χ2v) is 8.25. The second kappa shape index (κ2) is 9.13. The first-order valence-corrected chi connectivity index (χ1v) is 10.7. The molecule has 2 aromatic rings. The summed E-state index contributed by atoms with van der Waals surface area (Å²) in [5.41, 5.74) is 0.669. The lowest BCUT2D eigenvalue weighted by atomic mass is 10.1. The summed E-state index contributed by atoms with van der Waals surface area (Å²) in [6.07, 6.45) is 3.60. The lowest BCUT2D eigenvalue weighted by Gasteiger charge is -2.27. The molecule has 1 fully saturated rings. The van der Waals surface area contributed by atoms with Gasteiger partial charge in [0.15, 0.2) is 5.17 Å². The van der Waals surface area contributed by atoms with Crippen molar-refractivity contribution in [2.45, 2.75) is 30.9 Å². The van der Waals surface area contributed by atoms with E-state index in [-0.39, 0.29) is 18.2 Å². The van der Waals surface area contributed by atoms with E-state index in [4.69, 9.17) is 4.74 Å². The maximum atomic E-state index is 12.4. The maximum Gasteiger partial charge on any atom is 0.262 e. The third kappa shape index (κ3) is 5.17. The van der Waals surface area contributed by atoms with Crippen LogP contribution in [0.1, 0.15) is 25.7 Å². The van der Waals surface area contributed by atoms with Gasteiger partial charge in [0.2, 0.25) is 5.91 Å². The van der Waals surface area contributed by atoms with Crippen molar-refractivity contribution in [3.05, 3.63) is 54.6 Å². The summed E-state index contributed by atoms with van der Waals surface area (Å²) in [6, 6.07) is 16.7. The molecule has 1 atom stereocenters. The quantitative estimate of drug-likeness (QED) is 0.798. The Kier molecular flexibility index (Phi) is 6.14. The van der Waals surface area contributed by atoms with Gasteiger partial charge in [0.05, 0.1) is 0 Å². The van der Waals surface area contributed by atoms with Gasteiger partial charge in [-0.2, -0.15) is 4.99 Å². The largest absolute Gasteiger partial charge is 0.457 e. The Balaban J connectivity index is 1.28. The van der Waals surface area contributed by atoms with Crippen LogP contribution in [0.15, 0.2) is 59.6 Å². The number of nitrogens with one attached hydrogen (secondary N) is 1. The van der Waals surface area contributed by atoms with Crippen molar-refractivity contribution in [3.63, 3.8) is 0 Å². The molecule has 2 aliphatic heterocycles. The molecule has 4 rings (SSSR count). The van der Waals surface area contributed by atoms with Crippen LogP contribution >= 0.6 is 11.8 Å². The molecule has 6 nitrogen and oxygen atoms in total.